The minimum absolute atomic E-state index is 0.0339. The maximum atomic E-state index is 12.1. The van der Waals surface area contributed by atoms with Gasteiger partial charge in [0.15, 0.2) is 6.17 Å². The van der Waals surface area contributed by atoms with Crippen LogP contribution in [0.1, 0.15) is 11.1 Å². The van der Waals surface area contributed by atoms with Crippen molar-refractivity contribution in [3.05, 3.63) is 55.9 Å². The highest BCUT2D eigenvalue weighted by Gasteiger charge is 2.40. The fourth-order valence-electron chi connectivity index (χ4n) is 2.95. The molecular weight excluding hydrogens is 340 g/mol. The van der Waals surface area contributed by atoms with Gasteiger partial charge in [-0.15, -0.1) is 0 Å². The maximum Gasteiger partial charge on any atom is 0.283 e. The van der Waals surface area contributed by atoms with Gasteiger partial charge < -0.3 is 15.5 Å². The highest BCUT2D eigenvalue weighted by molar-refractivity contribution is 9.10. The summed E-state index contributed by atoms with van der Waals surface area (Å²) in [6.07, 6.45) is 3.63. The van der Waals surface area contributed by atoms with Crippen LogP contribution < -0.4 is 10.6 Å². The predicted octanol–water partition coefficient (Wildman–Crippen LogP) is 1.41. The van der Waals surface area contributed by atoms with Crippen LogP contribution in [0.3, 0.4) is 0 Å². The van der Waals surface area contributed by atoms with Crippen molar-refractivity contribution >= 4 is 33.2 Å². The van der Waals surface area contributed by atoms with Gasteiger partial charge in [0.25, 0.3) is 11.6 Å². The summed E-state index contributed by atoms with van der Waals surface area (Å²) < 4.78 is 0.473. The van der Waals surface area contributed by atoms with E-state index in [0.29, 0.717) is 10.9 Å². The largest absolute Gasteiger partial charge is 0.362 e. The van der Waals surface area contributed by atoms with Crippen molar-refractivity contribution in [2.75, 3.05) is 0 Å². The Morgan fingerprint density at radius 1 is 1.43 bits per heavy atom. The Bertz CT molecular complexity index is 771. The number of rotatable bonds is 1. The van der Waals surface area contributed by atoms with E-state index >= 15 is 0 Å². The summed E-state index contributed by atoms with van der Waals surface area (Å²) in [6.45, 7) is 0. The highest BCUT2D eigenvalue weighted by atomic mass is 79.9. The fraction of sp³-hybridized carbons (Fsp3) is 0.154. The third-order valence-electron chi connectivity index (χ3n) is 3.90. The number of nitro groups is 1. The summed E-state index contributed by atoms with van der Waals surface area (Å²) in [4.78, 5) is 24.6. The second-order valence-corrected chi connectivity index (χ2v) is 5.75. The van der Waals surface area contributed by atoms with E-state index in [2.05, 4.69) is 26.6 Å². The zero-order valence-corrected chi connectivity index (χ0v) is 12.2. The first-order valence-corrected chi connectivity index (χ1v) is 7.08. The standard InChI is InChI=1S/C13H9BrN4O3/c14-10-7-5-9-11(6(7)1-2-8(10)18(20)21)16-13(19)12-15-3-4-17(9)12/h1-4,12,15H,5H2,(H,16,19). The van der Waals surface area contributed by atoms with Gasteiger partial charge in [-0.25, -0.2) is 0 Å². The van der Waals surface area contributed by atoms with Crippen LogP contribution in [0.15, 0.2) is 34.7 Å². The van der Waals surface area contributed by atoms with Crippen LogP contribution in [-0.4, -0.2) is 21.9 Å². The smallest absolute Gasteiger partial charge is 0.283 e. The quantitative estimate of drug-likeness (QED) is 0.591. The lowest BCUT2D eigenvalue weighted by Crippen LogP contribution is -2.51. The number of nitrogens with zero attached hydrogens (tertiary/aromatic N) is 2. The molecule has 0 bridgehead atoms. The first-order chi connectivity index (χ1) is 10.1. The van der Waals surface area contributed by atoms with Gasteiger partial charge in [-0.1, -0.05) is 0 Å². The van der Waals surface area contributed by atoms with Crippen LogP contribution in [0, 0.1) is 10.1 Å². The van der Waals surface area contributed by atoms with Crippen molar-refractivity contribution in [3.63, 3.8) is 0 Å². The third-order valence-corrected chi connectivity index (χ3v) is 4.78. The molecule has 1 amide bonds. The second kappa shape index (κ2) is 4.08. The Kier molecular flexibility index (Phi) is 2.41. The minimum atomic E-state index is -0.438. The third kappa shape index (κ3) is 1.56. The van der Waals surface area contributed by atoms with Crippen LogP contribution in [-0.2, 0) is 11.2 Å². The molecule has 1 aromatic rings. The molecule has 106 valence electrons. The van der Waals surface area contributed by atoms with E-state index in [1.807, 2.05) is 11.1 Å². The molecule has 1 aliphatic carbocycles. The van der Waals surface area contributed by atoms with Crippen LogP contribution in [0.4, 0.5) is 5.69 Å². The maximum absolute atomic E-state index is 12.1. The molecule has 0 fully saturated rings. The van der Waals surface area contributed by atoms with E-state index in [0.717, 1.165) is 22.5 Å². The molecule has 0 saturated heterocycles. The van der Waals surface area contributed by atoms with Gasteiger partial charge in [0, 0.05) is 36.1 Å². The summed E-state index contributed by atoms with van der Waals surface area (Å²) in [5, 5.41) is 16.9. The molecule has 8 heteroatoms. The molecule has 0 saturated carbocycles. The number of amides is 1. The SMILES string of the molecule is O=C1NC2=C(Cc3c2ccc([N+](=O)[O-])c3Br)N2C=CNC12. The molecule has 21 heavy (non-hydrogen) atoms. The van der Waals surface area contributed by atoms with E-state index < -0.39 is 11.1 Å². The lowest BCUT2D eigenvalue weighted by molar-refractivity contribution is -0.385. The molecule has 0 spiro atoms. The van der Waals surface area contributed by atoms with Gasteiger partial charge in [0.2, 0.25) is 0 Å². The van der Waals surface area contributed by atoms with E-state index in [-0.39, 0.29) is 11.6 Å². The number of hydrogen-bond acceptors (Lipinski definition) is 5. The Morgan fingerprint density at radius 3 is 3.00 bits per heavy atom. The van der Waals surface area contributed by atoms with Crippen LogP contribution in [0.5, 0.6) is 0 Å². The second-order valence-electron chi connectivity index (χ2n) is 4.96. The number of allylic oxidation sites excluding steroid dienone is 1. The van der Waals surface area contributed by atoms with Crippen molar-refractivity contribution < 1.29 is 9.72 Å². The van der Waals surface area contributed by atoms with Crippen molar-refractivity contribution in [2.45, 2.75) is 12.6 Å². The van der Waals surface area contributed by atoms with Crippen molar-refractivity contribution in [1.82, 2.24) is 15.5 Å². The fourth-order valence-corrected chi connectivity index (χ4v) is 3.58. The molecule has 1 atom stereocenters. The van der Waals surface area contributed by atoms with Gasteiger partial charge in [-0.2, -0.15) is 0 Å². The molecule has 7 nitrogen and oxygen atoms in total. The highest BCUT2D eigenvalue weighted by Crippen LogP contribution is 2.43. The van der Waals surface area contributed by atoms with E-state index in [9.17, 15) is 14.9 Å². The lowest BCUT2D eigenvalue weighted by atomic mass is 10.1. The molecule has 2 heterocycles. The average Bonchev–Trinajstić information content (AvgIpc) is 3.04. The number of hydrogen-bond donors (Lipinski definition) is 2. The van der Waals surface area contributed by atoms with E-state index in [4.69, 9.17) is 0 Å². The zero-order chi connectivity index (χ0) is 14.7. The summed E-state index contributed by atoms with van der Waals surface area (Å²) >= 11 is 3.32. The molecule has 2 N–H and O–H groups in total. The molecule has 3 aliphatic rings. The van der Waals surface area contributed by atoms with Crippen LogP contribution in [0.25, 0.3) is 5.70 Å². The van der Waals surface area contributed by atoms with E-state index in [1.54, 1.807) is 12.3 Å². The number of nitro benzene ring substituents is 1. The Hall–Kier alpha value is -2.35. The van der Waals surface area contributed by atoms with Crippen LogP contribution >= 0.6 is 15.9 Å². The summed E-state index contributed by atoms with van der Waals surface area (Å²) in [7, 11) is 0. The van der Waals surface area contributed by atoms with Gasteiger partial charge in [0.05, 0.1) is 15.1 Å². The number of nitrogens with one attached hydrogen (secondary N) is 2. The molecule has 0 aromatic heterocycles. The minimum Gasteiger partial charge on any atom is -0.362 e. The molecule has 2 aliphatic heterocycles. The number of carbonyl (C=O) groups is 1. The molecule has 1 unspecified atom stereocenters. The van der Waals surface area contributed by atoms with E-state index in [1.165, 1.54) is 6.07 Å². The predicted molar refractivity (Wildman–Crippen MR) is 77.5 cm³/mol. The lowest BCUT2D eigenvalue weighted by Gasteiger charge is -2.31. The van der Waals surface area contributed by atoms with Crippen LogP contribution in [0.2, 0.25) is 0 Å². The summed E-state index contributed by atoms with van der Waals surface area (Å²) in [5.74, 6) is -0.138. The number of fused-ring (bicyclic) bond motifs is 4. The Morgan fingerprint density at radius 2 is 2.24 bits per heavy atom. The summed E-state index contributed by atoms with van der Waals surface area (Å²) in [5.41, 5.74) is 3.36. The molecule has 1 aromatic carbocycles. The number of halogens is 1. The molecule has 0 radical (unpaired) electrons. The van der Waals surface area contributed by atoms with Crippen molar-refractivity contribution in [2.24, 2.45) is 0 Å². The van der Waals surface area contributed by atoms with Gasteiger partial charge in [-0.3, -0.25) is 14.9 Å². The van der Waals surface area contributed by atoms with Gasteiger partial charge in [-0.05, 0) is 27.6 Å². The van der Waals surface area contributed by atoms with Gasteiger partial charge in [0.1, 0.15) is 0 Å². The normalized spacial score (nSPS) is 21.7. The number of benzene rings is 1. The first-order valence-electron chi connectivity index (χ1n) is 6.29. The monoisotopic (exact) mass is 348 g/mol. The molecule has 4 rings (SSSR count). The zero-order valence-electron chi connectivity index (χ0n) is 10.6. The summed E-state index contributed by atoms with van der Waals surface area (Å²) in [6, 6.07) is 3.14. The van der Waals surface area contributed by atoms with Gasteiger partial charge >= 0.3 is 0 Å². The molecular formula is C13H9BrN4O3. The average molecular weight is 349 g/mol. The first kappa shape index (κ1) is 12.4. The number of carbonyl (C=O) groups excluding carboxylic acids is 1. The Labute approximate surface area is 127 Å². The topological polar surface area (TPSA) is 87.5 Å². The Balaban J connectivity index is 1.85. The van der Waals surface area contributed by atoms with Crippen molar-refractivity contribution in [1.29, 1.82) is 0 Å². The van der Waals surface area contributed by atoms with Crippen molar-refractivity contribution in [3.8, 4) is 0 Å².